The number of rotatable bonds is 2. The molecule has 0 aliphatic rings. The van der Waals surface area contributed by atoms with Gasteiger partial charge in [0.05, 0.1) is 16.0 Å². The second-order valence-electron chi connectivity index (χ2n) is 2.84. The molecule has 0 bridgehead atoms. The van der Waals surface area contributed by atoms with Crippen LogP contribution < -0.4 is 5.32 Å². The Morgan fingerprint density at radius 1 is 1.60 bits per heavy atom. The highest BCUT2D eigenvalue weighted by Crippen LogP contribution is 2.28. The standard InChI is InChI=1S/C9H7BrN2OS2/c10-5-1-2-6-7(3-5)15-9(11-6)12-8(13)4-14/h1-3,14H,4H2,(H,11,12,13). The number of thiazole rings is 1. The Morgan fingerprint density at radius 3 is 3.13 bits per heavy atom. The zero-order valence-electron chi connectivity index (χ0n) is 7.53. The van der Waals surface area contributed by atoms with Crippen molar-refractivity contribution in [2.24, 2.45) is 0 Å². The molecule has 0 atom stereocenters. The van der Waals surface area contributed by atoms with E-state index in [0.717, 1.165) is 14.7 Å². The van der Waals surface area contributed by atoms with Gasteiger partial charge in [0.25, 0.3) is 0 Å². The van der Waals surface area contributed by atoms with Crippen molar-refractivity contribution in [1.82, 2.24) is 4.98 Å². The number of amides is 1. The maximum absolute atomic E-state index is 11.1. The van der Waals surface area contributed by atoms with Gasteiger partial charge in [0.15, 0.2) is 5.13 Å². The van der Waals surface area contributed by atoms with Crippen LogP contribution in [0.15, 0.2) is 22.7 Å². The van der Waals surface area contributed by atoms with Gasteiger partial charge in [0.2, 0.25) is 5.91 Å². The Labute approximate surface area is 104 Å². The fraction of sp³-hybridized carbons (Fsp3) is 0.111. The van der Waals surface area contributed by atoms with Crippen molar-refractivity contribution >= 4 is 61.2 Å². The van der Waals surface area contributed by atoms with Gasteiger partial charge in [-0.05, 0) is 18.2 Å². The number of aromatic nitrogens is 1. The van der Waals surface area contributed by atoms with Crippen LogP contribution in [0.4, 0.5) is 5.13 Å². The molecule has 0 fully saturated rings. The first-order valence-electron chi connectivity index (χ1n) is 4.16. The summed E-state index contributed by atoms with van der Waals surface area (Å²) in [6.45, 7) is 0. The van der Waals surface area contributed by atoms with Crippen LogP contribution in [0.1, 0.15) is 0 Å². The maximum atomic E-state index is 11.1. The summed E-state index contributed by atoms with van der Waals surface area (Å²) in [6, 6.07) is 5.81. The largest absolute Gasteiger partial charge is 0.301 e. The second-order valence-corrected chi connectivity index (χ2v) is 5.10. The Kier molecular flexibility index (Phi) is 3.28. The molecule has 2 rings (SSSR count). The number of fused-ring (bicyclic) bond motifs is 1. The van der Waals surface area contributed by atoms with Gasteiger partial charge in [-0.3, -0.25) is 4.79 Å². The van der Waals surface area contributed by atoms with Gasteiger partial charge in [-0.2, -0.15) is 12.6 Å². The quantitative estimate of drug-likeness (QED) is 0.838. The third kappa shape index (κ3) is 2.50. The Hall–Kier alpha value is -0.590. The molecule has 0 aliphatic heterocycles. The summed E-state index contributed by atoms with van der Waals surface area (Å²) >= 11 is 8.72. The third-order valence-electron chi connectivity index (χ3n) is 1.74. The molecule has 1 heterocycles. The Morgan fingerprint density at radius 2 is 2.40 bits per heavy atom. The van der Waals surface area contributed by atoms with Crippen molar-refractivity contribution in [3.8, 4) is 0 Å². The van der Waals surface area contributed by atoms with E-state index in [0.29, 0.717) is 5.13 Å². The van der Waals surface area contributed by atoms with Gasteiger partial charge >= 0.3 is 0 Å². The molecule has 0 aliphatic carbocycles. The number of benzene rings is 1. The number of carbonyl (C=O) groups excluding carboxylic acids is 1. The van der Waals surface area contributed by atoms with Crippen LogP contribution in [0.25, 0.3) is 10.2 Å². The molecule has 0 unspecified atom stereocenters. The number of hydrogen-bond donors (Lipinski definition) is 2. The van der Waals surface area contributed by atoms with E-state index in [1.807, 2.05) is 18.2 Å². The van der Waals surface area contributed by atoms with E-state index in [1.54, 1.807) is 0 Å². The van der Waals surface area contributed by atoms with Gasteiger partial charge in [-0.1, -0.05) is 27.3 Å². The first-order valence-corrected chi connectivity index (χ1v) is 6.40. The number of carbonyl (C=O) groups is 1. The van der Waals surface area contributed by atoms with Crippen molar-refractivity contribution in [3.63, 3.8) is 0 Å². The SMILES string of the molecule is O=C(CS)Nc1nc2ccc(Br)cc2s1. The summed E-state index contributed by atoms with van der Waals surface area (Å²) in [5.74, 6) is 0.0241. The fourth-order valence-electron chi connectivity index (χ4n) is 1.11. The number of hydrogen-bond acceptors (Lipinski definition) is 4. The average Bonchev–Trinajstić information content (AvgIpc) is 2.59. The molecule has 1 aromatic carbocycles. The smallest absolute Gasteiger partial charge is 0.235 e. The molecule has 78 valence electrons. The molecular formula is C9H7BrN2OS2. The normalized spacial score (nSPS) is 10.5. The first kappa shape index (κ1) is 10.9. The van der Waals surface area contributed by atoms with E-state index in [4.69, 9.17) is 0 Å². The number of anilines is 1. The van der Waals surface area contributed by atoms with Crippen LogP contribution in [-0.4, -0.2) is 16.6 Å². The maximum Gasteiger partial charge on any atom is 0.235 e. The summed E-state index contributed by atoms with van der Waals surface area (Å²) in [5, 5.41) is 3.29. The van der Waals surface area contributed by atoms with Crippen LogP contribution in [0.2, 0.25) is 0 Å². The zero-order chi connectivity index (χ0) is 10.8. The number of halogens is 1. The van der Waals surface area contributed by atoms with Crippen LogP contribution >= 0.6 is 39.9 Å². The van der Waals surface area contributed by atoms with Crippen LogP contribution in [0, 0.1) is 0 Å². The average molecular weight is 303 g/mol. The van der Waals surface area contributed by atoms with Crippen LogP contribution in [0.5, 0.6) is 0 Å². The summed E-state index contributed by atoms with van der Waals surface area (Å²) < 4.78 is 2.05. The van der Waals surface area contributed by atoms with E-state index < -0.39 is 0 Å². The predicted octanol–water partition coefficient (Wildman–Crippen LogP) is 2.93. The van der Waals surface area contributed by atoms with Gasteiger partial charge in [0.1, 0.15) is 0 Å². The van der Waals surface area contributed by atoms with Crippen molar-refractivity contribution in [2.45, 2.75) is 0 Å². The highest BCUT2D eigenvalue weighted by molar-refractivity contribution is 9.10. The van der Waals surface area contributed by atoms with Crippen molar-refractivity contribution in [3.05, 3.63) is 22.7 Å². The van der Waals surface area contributed by atoms with Gasteiger partial charge in [-0.25, -0.2) is 4.98 Å². The van der Waals surface area contributed by atoms with E-state index in [9.17, 15) is 4.79 Å². The topological polar surface area (TPSA) is 42.0 Å². The van der Waals surface area contributed by atoms with Gasteiger partial charge in [-0.15, -0.1) is 0 Å². The lowest BCUT2D eigenvalue weighted by Crippen LogP contribution is -2.12. The lowest BCUT2D eigenvalue weighted by molar-refractivity contribution is -0.113. The first-order chi connectivity index (χ1) is 7.19. The number of nitrogens with zero attached hydrogens (tertiary/aromatic N) is 1. The van der Waals surface area contributed by atoms with Gasteiger partial charge < -0.3 is 5.32 Å². The Bertz CT molecular complexity index is 512. The highest BCUT2D eigenvalue weighted by Gasteiger charge is 2.06. The molecule has 0 saturated carbocycles. The molecule has 15 heavy (non-hydrogen) atoms. The summed E-state index contributed by atoms with van der Waals surface area (Å²) in [7, 11) is 0. The monoisotopic (exact) mass is 302 g/mol. The highest BCUT2D eigenvalue weighted by atomic mass is 79.9. The van der Waals surface area contributed by atoms with Crippen LogP contribution in [0.3, 0.4) is 0 Å². The molecule has 6 heteroatoms. The van der Waals surface area contributed by atoms with Crippen molar-refractivity contribution in [1.29, 1.82) is 0 Å². The van der Waals surface area contributed by atoms with E-state index in [2.05, 4.69) is 38.9 Å². The molecule has 1 amide bonds. The van der Waals surface area contributed by atoms with E-state index in [1.165, 1.54) is 11.3 Å². The minimum Gasteiger partial charge on any atom is -0.301 e. The molecule has 0 radical (unpaired) electrons. The molecular weight excluding hydrogens is 296 g/mol. The molecule has 2 aromatic rings. The summed E-state index contributed by atoms with van der Waals surface area (Å²) in [4.78, 5) is 15.4. The lowest BCUT2D eigenvalue weighted by atomic mass is 10.3. The second kappa shape index (κ2) is 4.51. The minimum atomic E-state index is -0.142. The van der Waals surface area contributed by atoms with E-state index in [-0.39, 0.29) is 11.7 Å². The zero-order valence-corrected chi connectivity index (χ0v) is 10.8. The number of thiol groups is 1. The van der Waals surface area contributed by atoms with Gasteiger partial charge in [0, 0.05) is 4.47 Å². The summed E-state index contributed by atoms with van der Waals surface area (Å²) in [6.07, 6.45) is 0. The molecule has 1 N–H and O–H groups in total. The van der Waals surface area contributed by atoms with Crippen molar-refractivity contribution in [2.75, 3.05) is 11.1 Å². The minimum absolute atomic E-state index is 0.142. The predicted molar refractivity (Wildman–Crippen MR) is 69.8 cm³/mol. The lowest BCUT2D eigenvalue weighted by Gasteiger charge is -1.94. The molecule has 0 saturated heterocycles. The number of nitrogens with one attached hydrogen (secondary N) is 1. The fourth-order valence-corrected chi connectivity index (χ4v) is 2.62. The molecule has 3 nitrogen and oxygen atoms in total. The van der Waals surface area contributed by atoms with Crippen molar-refractivity contribution < 1.29 is 4.79 Å². The van der Waals surface area contributed by atoms with E-state index >= 15 is 0 Å². The Balaban J connectivity index is 2.34. The van der Waals surface area contributed by atoms with Crippen LogP contribution in [-0.2, 0) is 4.79 Å². The summed E-state index contributed by atoms with van der Waals surface area (Å²) in [5.41, 5.74) is 0.887. The molecule has 1 aromatic heterocycles. The molecule has 0 spiro atoms. The third-order valence-corrected chi connectivity index (χ3v) is 3.45.